The van der Waals surface area contributed by atoms with Gasteiger partial charge in [-0.25, -0.2) is 0 Å². The maximum Gasteiger partial charge on any atom is 0.230 e. The fraction of sp³-hybridized carbons (Fsp3) is 0.938. The van der Waals surface area contributed by atoms with E-state index in [1.54, 1.807) is 11.8 Å². The molecule has 0 aliphatic heterocycles. The van der Waals surface area contributed by atoms with Gasteiger partial charge >= 0.3 is 0 Å². The van der Waals surface area contributed by atoms with Gasteiger partial charge in [-0.05, 0) is 49.4 Å². The van der Waals surface area contributed by atoms with Crippen LogP contribution in [0, 0.1) is 23.7 Å². The van der Waals surface area contributed by atoms with E-state index in [1.165, 1.54) is 32.1 Å². The molecule has 5 atom stereocenters. The molecule has 19 heavy (non-hydrogen) atoms. The Balaban J connectivity index is 1.51. The van der Waals surface area contributed by atoms with E-state index in [0.717, 1.165) is 23.7 Å². The summed E-state index contributed by atoms with van der Waals surface area (Å²) in [4.78, 5) is 12.1. The van der Waals surface area contributed by atoms with E-state index in [2.05, 4.69) is 26.1 Å². The minimum atomic E-state index is 0.183. The quantitative estimate of drug-likeness (QED) is 0.858. The van der Waals surface area contributed by atoms with Crippen LogP contribution >= 0.6 is 11.8 Å². The Morgan fingerprint density at radius 2 is 1.89 bits per heavy atom. The Bertz CT molecular complexity index is 362. The first-order chi connectivity index (χ1) is 8.94. The van der Waals surface area contributed by atoms with Crippen LogP contribution in [0.1, 0.15) is 52.9 Å². The van der Waals surface area contributed by atoms with Crippen molar-refractivity contribution in [3.05, 3.63) is 0 Å². The Hall–Kier alpha value is -0.180. The highest BCUT2D eigenvalue weighted by Gasteiger charge is 2.53. The molecule has 0 radical (unpaired) electrons. The zero-order valence-electron chi connectivity index (χ0n) is 12.4. The Morgan fingerprint density at radius 1 is 1.16 bits per heavy atom. The molecule has 1 amide bonds. The second kappa shape index (κ2) is 4.98. The fourth-order valence-electron chi connectivity index (χ4n) is 4.76. The molecule has 0 saturated heterocycles. The van der Waals surface area contributed by atoms with Crippen LogP contribution in [-0.4, -0.2) is 22.4 Å². The smallest absolute Gasteiger partial charge is 0.230 e. The first kappa shape index (κ1) is 13.8. The van der Waals surface area contributed by atoms with Crippen molar-refractivity contribution in [2.24, 2.45) is 23.7 Å². The molecular weight excluding hydrogens is 254 g/mol. The van der Waals surface area contributed by atoms with E-state index < -0.39 is 0 Å². The van der Waals surface area contributed by atoms with Crippen LogP contribution in [0.25, 0.3) is 0 Å². The predicted octanol–water partition coefficient (Wildman–Crippen LogP) is 3.46. The predicted molar refractivity (Wildman–Crippen MR) is 81.2 cm³/mol. The zero-order chi connectivity index (χ0) is 13.6. The van der Waals surface area contributed by atoms with Crippen LogP contribution in [0.2, 0.25) is 0 Å². The first-order valence-electron chi connectivity index (χ1n) is 7.87. The third-order valence-electron chi connectivity index (χ3n) is 5.41. The van der Waals surface area contributed by atoms with Gasteiger partial charge in [0.1, 0.15) is 0 Å². The van der Waals surface area contributed by atoms with E-state index in [1.807, 2.05) is 0 Å². The number of hydrogen-bond acceptors (Lipinski definition) is 2. The lowest BCUT2D eigenvalue weighted by molar-refractivity contribution is -0.119. The number of thioether (sulfide) groups is 1. The summed E-state index contributed by atoms with van der Waals surface area (Å²) in [5, 5.41) is 3.34. The summed E-state index contributed by atoms with van der Waals surface area (Å²) in [7, 11) is 0. The molecule has 1 N–H and O–H groups in total. The van der Waals surface area contributed by atoms with Crippen LogP contribution in [-0.2, 0) is 4.79 Å². The Labute approximate surface area is 121 Å². The Morgan fingerprint density at radius 3 is 2.63 bits per heavy atom. The second-order valence-electron chi connectivity index (χ2n) is 7.73. The van der Waals surface area contributed by atoms with Crippen molar-refractivity contribution < 1.29 is 4.79 Å². The van der Waals surface area contributed by atoms with Gasteiger partial charge < -0.3 is 5.32 Å². The molecule has 0 spiro atoms. The zero-order valence-corrected chi connectivity index (χ0v) is 13.3. The van der Waals surface area contributed by atoms with Crippen molar-refractivity contribution in [2.75, 3.05) is 5.75 Å². The SMILES string of the molecule is CC(C)(C)SCC(=O)N[C@@H]1C[C@H]2C[C@H]1[C@H]1CCC[C@H]21. The molecule has 108 valence electrons. The number of fused-ring (bicyclic) bond motifs is 5. The molecule has 3 aliphatic rings. The van der Waals surface area contributed by atoms with Crippen LogP contribution in [0.3, 0.4) is 0 Å². The molecule has 3 saturated carbocycles. The maximum atomic E-state index is 12.1. The minimum absolute atomic E-state index is 0.183. The summed E-state index contributed by atoms with van der Waals surface area (Å²) in [6.07, 6.45) is 6.98. The number of carbonyl (C=O) groups excluding carboxylic acids is 1. The van der Waals surface area contributed by atoms with Crippen LogP contribution in [0.5, 0.6) is 0 Å². The topological polar surface area (TPSA) is 29.1 Å². The Kier molecular flexibility index (Phi) is 3.61. The highest BCUT2D eigenvalue weighted by molar-refractivity contribution is 8.01. The van der Waals surface area contributed by atoms with Crippen LogP contribution < -0.4 is 5.32 Å². The lowest BCUT2D eigenvalue weighted by Crippen LogP contribution is -2.43. The van der Waals surface area contributed by atoms with Crippen molar-refractivity contribution in [1.29, 1.82) is 0 Å². The van der Waals surface area contributed by atoms with Crippen molar-refractivity contribution in [3.8, 4) is 0 Å². The van der Waals surface area contributed by atoms with Gasteiger partial charge in [0, 0.05) is 10.8 Å². The lowest BCUT2D eigenvalue weighted by atomic mass is 9.79. The molecule has 0 aromatic carbocycles. The van der Waals surface area contributed by atoms with Gasteiger partial charge in [-0.1, -0.05) is 27.2 Å². The standard InChI is InChI=1S/C16H27NOS/c1-16(2,3)19-9-15(18)17-14-8-10-7-13(14)12-6-4-5-11(10)12/h10-14H,4-9H2,1-3H3,(H,17,18)/t10-,11-,12+,13+,14-/m1/s1. The summed E-state index contributed by atoms with van der Waals surface area (Å²) in [5.74, 6) is 4.57. The molecular formula is C16H27NOS. The molecule has 2 bridgehead atoms. The third-order valence-corrected chi connectivity index (χ3v) is 6.68. The second-order valence-corrected chi connectivity index (χ2v) is 9.53. The van der Waals surface area contributed by atoms with Crippen LogP contribution in [0.15, 0.2) is 0 Å². The van der Waals surface area contributed by atoms with Gasteiger partial charge in [-0.15, -0.1) is 11.8 Å². The fourth-order valence-corrected chi connectivity index (χ4v) is 5.41. The van der Waals surface area contributed by atoms with Gasteiger partial charge in [-0.2, -0.15) is 0 Å². The average molecular weight is 281 g/mol. The molecule has 0 unspecified atom stereocenters. The molecule has 0 aromatic rings. The van der Waals surface area contributed by atoms with Crippen molar-refractivity contribution >= 4 is 17.7 Å². The van der Waals surface area contributed by atoms with Gasteiger partial charge in [-0.3, -0.25) is 4.79 Å². The van der Waals surface area contributed by atoms with Crippen molar-refractivity contribution in [1.82, 2.24) is 5.32 Å². The summed E-state index contributed by atoms with van der Waals surface area (Å²) in [5.41, 5.74) is 0. The summed E-state index contributed by atoms with van der Waals surface area (Å²) in [6.45, 7) is 6.52. The molecule has 3 fully saturated rings. The van der Waals surface area contributed by atoms with E-state index in [4.69, 9.17) is 0 Å². The number of carbonyl (C=O) groups is 1. The molecule has 2 nitrogen and oxygen atoms in total. The van der Waals surface area contributed by atoms with Gasteiger partial charge in [0.15, 0.2) is 0 Å². The van der Waals surface area contributed by atoms with Gasteiger partial charge in [0.25, 0.3) is 0 Å². The number of amides is 1. The normalized spacial score (nSPS) is 40.5. The molecule has 0 heterocycles. The molecule has 3 aliphatic carbocycles. The van der Waals surface area contributed by atoms with Crippen molar-refractivity contribution in [2.45, 2.75) is 63.7 Å². The molecule has 3 heteroatoms. The average Bonchev–Trinajstić information content (AvgIpc) is 2.96. The lowest BCUT2D eigenvalue weighted by Gasteiger charge is -2.32. The highest BCUT2D eigenvalue weighted by atomic mass is 32.2. The highest BCUT2D eigenvalue weighted by Crippen LogP contribution is 2.58. The molecule has 0 aromatic heterocycles. The summed E-state index contributed by atoms with van der Waals surface area (Å²) >= 11 is 1.75. The van der Waals surface area contributed by atoms with E-state index in [0.29, 0.717) is 11.8 Å². The third kappa shape index (κ3) is 2.81. The minimum Gasteiger partial charge on any atom is -0.352 e. The monoisotopic (exact) mass is 281 g/mol. The number of nitrogens with one attached hydrogen (secondary N) is 1. The number of hydrogen-bond donors (Lipinski definition) is 1. The first-order valence-corrected chi connectivity index (χ1v) is 8.86. The number of rotatable bonds is 3. The van der Waals surface area contributed by atoms with Gasteiger partial charge in [0.05, 0.1) is 5.75 Å². The summed E-state index contributed by atoms with van der Waals surface area (Å²) in [6, 6.07) is 0.498. The van der Waals surface area contributed by atoms with Gasteiger partial charge in [0.2, 0.25) is 5.91 Å². The summed E-state index contributed by atoms with van der Waals surface area (Å²) < 4.78 is 0.183. The van der Waals surface area contributed by atoms with Crippen LogP contribution in [0.4, 0.5) is 0 Å². The van der Waals surface area contributed by atoms with E-state index >= 15 is 0 Å². The van der Waals surface area contributed by atoms with Crippen molar-refractivity contribution in [3.63, 3.8) is 0 Å². The largest absolute Gasteiger partial charge is 0.352 e. The maximum absolute atomic E-state index is 12.1. The van der Waals surface area contributed by atoms with E-state index in [9.17, 15) is 4.79 Å². The van der Waals surface area contributed by atoms with E-state index in [-0.39, 0.29) is 10.7 Å². The molecule has 3 rings (SSSR count).